The molecule has 0 bridgehead atoms. The molecule has 0 spiro atoms. The summed E-state index contributed by atoms with van der Waals surface area (Å²) < 4.78 is 6.15. The maximum absolute atomic E-state index is 10.4. The quantitative estimate of drug-likeness (QED) is 0.114. The number of oxime groups is 1. The van der Waals surface area contributed by atoms with Crippen molar-refractivity contribution in [2.24, 2.45) is 10.9 Å². The lowest BCUT2D eigenvalue weighted by molar-refractivity contribution is -0.157. The molecule has 0 aliphatic heterocycles. The van der Waals surface area contributed by atoms with E-state index >= 15 is 0 Å². The molecule has 0 atom stereocenters. The zero-order chi connectivity index (χ0) is 17.9. The van der Waals surface area contributed by atoms with Gasteiger partial charge in [0, 0.05) is 6.92 Å². The van der Waals surface area contributed by atoms with Gasteiger partial charge in [-0.25, -0.2) is 4.79 Å². The molecule has 22 heavy (non-hydrogen) atoms. The second-order valence-corrected chi connectivity index (χ2v) is 5.58. The van der Waals surface area contributed by atoms with E-state index in [1.165, 1.54) is 6.92 Å². The molecule has 0 amide bonds. The van der Waals surface area contributed by atoms with Crippen LogP contribution < -0.4 is 11.5 Å². The summed E-state index contributed by atoms with van der Waals surface area (Å²) in [5.41, 5.74) is 9.83. The third-order valence-corrected chi connectivity index (χ3v) is 1.63. The third kappa shape index (κ3) is 14.6. The zero-order valence-electron chi connectivity index (χ0n) is 11.7. The number of alkyl halides is 3. The van der Waals surface area contributed by atoms with Gasteiger partial charge in [-0.1, -0.05) is 45.1 Å². The molecule has 0 aromatic carbocycles. The van der Waals surface area contributed by atoms with Gasteiger partial charge in [0.25, 0.3) is 3.79 Å². The van der Waals surface area contributed by atoms with Gasteiger partial charge in [-0.2, -0.15) is 4.98 Å². The maximum atomic E-state index is 10.4. The first-order valence-corrected chi connectivity index (χ1v) is 6.33. The SMILES string of the molecule is CC(=O)OC(=O)C(Cl)(Cl)Cl.CC(N)=NO.Cc1noc(N)n1. The highest BCUT2D eigenvalue weighted by Gasteiger charge is 2.33. The summed E-state index contributed by atoms with van der Waals surface area (Å²) in [7, 11) is 0. The van der Waals surface area contributed by atoms with Gasteiger partial charge >= 0.3 is 18.0 Å². The van der Waals surface area contributed by atoms with Gasteiger partial charge in [-0.15, -0.1) is 0 Å². The van der Waals surface area contributed by atoms with Crippen LogP contribution >= 0.6 is 34.8 Å². The van der Waals surface area contributed by atoms with Crippen molar-refractivity contribution in [3.8, 4) is 0 Å². The molecular formula is C9H14Cl3N5O5. The van der Waals surface area contributed by atoms with E-state index < -0.39 is 15.7 Å². The Bertz CT molecular complexity index is 493. The normalized spacial score (nSPS) is 10.5. The van der Waals surface area contributed by atoms with Crippen molar-refractivity contribution in [3.63, 3.8) is 0 Å². The predicted octanol–water partition coefficient (Wildman–Crippen LogP) is 1.16. The lowest BCUT2D eigenvalue weighted by Gasteiger charge is -2.06. The number of carbonyl (C=O) groups is 2. The first-order chi connectivity index (χ1) is 9.89. The molecule has 10 nitrogen and oxygen atoms in total. The Morgan fingerprint density at radius 2 is 1.82 bits per heavy atom. The highest BCUT2D eigenvalue weighted by molar-refractivity contribution is 6.75. The Labute approximate surface area is 140 Å². The Kier molecular flexibility index (Phi) is 11.1. The molecule has 0 aliphatic rings. The van der Waals surface area contributed by atoms with Gasteiger partial charge in [-0.3, -0.25) is 4.79 Å². The standard InChI is InChI=1S/C4H3Cl3O3.C3H5N3O.C2H6N2O/c1-2(8)10-3(9)4(5,6)7;1-2-5-3(4)7-6-2;1-2(3)4-5/h1H3;1H3,(H2,4,5,6);5H,1H3,(H2,3,4). The molecule has 0 radical (unpaired) electrons. The van der Waals surface area contributed by atoms with Crippen LogP contribution in [0.3, 0.4) is 0 Å². The molecule has 0 saturated carbocycles. The van der Waals surface area contributed by atoms with Gasteiger partial charge in [-0.05, 0) is 13.8 Å². The van der Waals surface area contributed by atoms with Crippen molar-refractivity contribution in [1.82, 2.24) is 10.1 Å². The number of rotatable bonds is 0. The molecule has 1 aromatic heterocycles. The number of carbonyl (C=O) groups excluding carboxylic acids is 2. The Hall–Kier alpha value is -1.78. The van der Waals surface area contributed by atoms with Gasteiger partial charge < -0.3 is 25.9 Å². The van der Waals surface area contributed by atoms with Gasteiger partial charge in [0.2, 0.25) is 0 Å². The van der Waals surface area contributed by atoms with E-state index in [2.05, 4.69) is 24.6 Å². The average Bonchev–Trinajstić information content (AvgIpc) is 2.72. The molecule has 0 aliphatic carbocycles. The molecule has 1 rings (SSSR count). The summed E-state index contributed by atoms with van der Waals surface area (Å²) in [6.07, 6.45) is 0. The van der Waals surface area contributed by atoms with E-state index in [9.17, 15) is 9.59 Å². The Morgan fingerprint density at radius 1 is 1.36 bits per heavy atom. The largest absolute Gasteiger partial charge is 0.409 e. The number of nitrogens with zero attached hydrogens (tertiary/aromatic N) is 3. The second-order valence-electron chi connectivity index (χ2n) is 3.30. The van der Waals surface area contributed by atoms with Gasteiger partial charge in [0.1, 0.15) is 5.84 Å². The minimum Gasteiger partial charge on any atom is -0.409 e. The monoisotopic (exact) mass is 377 g/mol. The summed E-state index contributed by atoms with van der Waals surface area (Å²) >= 11 is 15.1. The van der Waals surface area contributed by atoms with Crippen molar-refractivity contribution >= 4 is 58.6 Å². The number of amidine groups is 1. The molecule has 0 unspecified atom stereocenters. The van der Waals surface area contributed by atoms with Crippen molar-refractivity contribution in [2.45, 2.75) is 24.6 Å². The van der Waals surface area contributed by atoms with Crippen molar-refractivity contribution < 1.29 is 24.1 Å². The van der Waals surface area contributed by atoms with Crippen molar-refractivity contribution in [1.29, 1.82) is 0 Å². The molecule has 0 fully saturated rings. The van der Waals surface area contributed by atoms with Gasteiger partial charge in [0.05, 0.1) is 0 Å². The van der Waals surface area contributed by atoms with Crippen molar-refractivity contribution in [3.05, 3.63) is 5.82 Å². The summed E-state index contributed by atoms with van der Waals surface area (Å²) in [4.78, 5) is 24.1. The van der Waals surface area contributed by atoms with Crippen LogP contribution in [0.2, 0.25) is 0 Å². The lowest BCUT2D eigenvalue weighted by atomic mass is 10.7. The molecule has 1 heterocycles. The van der Waals surface area contributed by atoms with Crippen LogP contribution in [0.1, 0.15) is 19.7 Å². The highest BCUT2D eigenvalue weighted by Crippen LogP contribution is 2.27. The topological polar surface area (TPSA) is 167 Å². The van der Waals surface area contributed by atoms with E-state index in [0.29, 0.717) is 5.82 Å². The summed E-state index contributed by atoms with van der Waals surface area (Å²) in [5, 5.41) is 13.6. The second kappa shape index (κ2) is 10.9. The molecule has 5 N–H and O–H groups in total. The fourth-order valence-electron chi connectivity index (χ4n) is 0.502. The van der Waals surface area contributed by atoms with Crippen molar-refractivity contribution in [2.75, 3.05) is 5.73 Å². The molecule has 126 valence electrons. The van der Waals surface area contributed by atoms with E-state index in [0.717, 1.165) is 6.92 Å². The maximum Gasteiger partial charge on any atom is 0.366 e. The first-order valence-electron chi connectivity index (χ1n) is 5.19. The van der Waals surface area contributed by atoms with E-state index in [1.54, 1.807) is 6.92 Å². The average molecular weight is 379 g/mol. The molecule has 1 aromatic rings. The summed E-state index contributed by atoms with van der Waals surface area (Å²) in [6, 6.07) is 0.123. The third-order valence-electron chi connectivity index (χ3n) is 1.17. The lowest BCUT2D eigenvalue weighted by Crippen LogP contribution is -2.23. The number of halogens is 3. The number of ether oxygens (including phenoxy) is 1. The highest BCUT2D eigenvalue weighted by atomic mass is 35.6. The molecular weight excluding hydrogens is 364 g/mol. The van der Waals surface area contributed by atoms with E-state index in [-0.39, 0.29) is 11.9 Å². The number of aryl methyl sites for hydroxylation is 1. The predicted molar refractivity (Wildman–Crippen MR) is 79.6 cm³/mol. The number of aromatic nitrogens is 2. The smallest absolute Gasteiger partial charge is 0.366 e. The number of hydrogen-bond acceptors (Lipinski definition) is 9. The number of nitrogen functional groups attached to an aromatic ring is 1. The van der Waals surface area contributed by atoms with Crippen LogP contribution in [0, 0.1) is 6.92 Å². The van der Waals surface area contributed by atoms with E-state index in [1.807, 2.05) is 0 Å². The van der Waals surface area contributed by atoms with Crippen LogP contribution in [0.15, 0.2) is 9.68 Å². The first kappa shape index (κ1) is 22.5. The Balaban J connectivity index is 0. The van der Waals surface area contributed by atoms with Crippen LogP contribution in [-0.4, -0.2) is 36.9 Å². The fourth-order valence-corrected chi connectivity index (χ4v) is 0.617. The number of esters is 2. The molecule has 0 saturated heterocycles. The number of nitrogens with two attached hydrogens (primary N) is 2. The Morgan fingerprint density at radius 3 is 1.91 bits per heavy atom. The van der Waals surface area contributed by atoms with Crippen LogP contribution in [-0.2, 0) is 14.3 Å². The minimum absolute atomic E-state index is 0.123. The van der Waals surface area contributed by atoms with Gasteiger partial charge in [0.15, 0.2) is 5.82 Å². The van der Waals surface area contributed by atoms with Crippen LogP contribution in [0.5, 0.6) is 0 Å². The van der Waals surface area contributed by atoms with E-state index in [4.69, 9.17) is 51.5 Å². The summed E-state index contributed by atoms with van der Waals surface area (Å²) in [6.45, 7) is 4.24. The number of hydrogen-bond donors (Lipinski definition) is 3. The fraction of sp³-hybridized carbons (Fsp3) is 0.444. The summed E-state index contributed by atoms with van der Waals surface area (Å²) in [5.74, 6) is -1.25. The van der Waals surface area contributed by atoms with Crippen LogP contribution in [0.4, 0.5) is 6.01 Å². The van der Waals surface area contributed by atoms with Crippen LogP contribution in [0.25, 0.3) is 0 Å². The number of anilines is 1. The minimum atomic E-state index is -2.17. The molecule has 13 heteroatoms. The zero-order valence-corrected chi connectivity index (χ0v) is 14.0.